The van der Waals surface area contributed by atoms with Crippen molar-refractivity contribution >= 4 is 48.9 Å². The number of nitrogens with zero attached hydrogens (tertiary/aromatic N) is 2. The fourth-order valence-corrected chi connectivity index (χ4v) is 5.62. The fourth-order valence-electron chi connectivity index (χ4n) is 5.62. The highest BCUT2D eigenvalue weighted by molar-refractivity contribution is 6.31. The first-order valence-corrected chi connectivity index (χ1v) is 11.4. The SMILES string of the molecule is Cc1cccc(C)c1-c1cn2c(n1)c1ccccc1c1c3ccccc3c3ccccc3c12. The second kappa shape index (κ2) is 6.66. The summed E-state index contributed by atoms with van der Waals surface area (Å²) in [5.74, 6) is 0. The molecule has 0 atom stereocenters. The van der Waals surface area contributed by atoms with Crippen LogP contribution in [0.1, 0.15) is 11.1 Å². The largest absolute Gasteiger partial charge is 0.298 e. The Balaban J connectivity index is 1.81. The minimum atomic E-state index is 1.01. The van der Waals surface area contributed by atoms with E-state index in [0.29, 0.717) is 0 Å². The van der Waals surface area contributed by atoms with E-state index in [1.165, 1.54) is 59.9 Å². The molecule has 0 aliphatic heterocycles. The standard InChI is InChI=1S/C31H22N2/c1-19-10-9-11-20(2)28(19)27-18-33-30-25-16-7-4-13-22(25)21-12-3-5-14-23(21)29(30)24-15-6-8-17-26(24)31(33)32-27/h3-18H,1-2H3. The smallest absolute Gasteiger partial charge is 0.145 e. The Labute approximate surface area is 191 Å². The molecule has 0 spiro atoms. The first-order chi connectivity index (χ1) is 16.2. The first kappa shape index (κ1) is 18.4. The minimum Gasteiger partial charge on any atom is -0.298 e. The van der Waals surface area contributed by atoms with E-state index in [2.05, 4.69) is 115 Å². The average Bonchev–Trinajstić information content (AvgIpc) is 3.28. The van der Waals surface area contributed by atoms with E-state index < -0.39 is 0 Å². The van der Waals surface area contributed by atoms with Crippen LogP contribution in [-0.4, -0.2) is 9.38 Å². The fraction of sp³-hybridized carbons (Fsp3) is 0.0645. The number of hydrogen-bond acceptors (Lipinski definition) is 1. The van der Waals surface area contributed by atoms with Crippen LogP contribution < -0.4 is 0 Å². The Hall–Kier alpha value is -4.17. The molecule has 33 heavy (non-hydrogen) atoms. The van der Waals surface area contributed by atoms with Crippen LogP contribution in [0.4, 0.5) is 0 Å². The predicted octanol–water partition coefficient (Wildman–Crippen LogP) is 8.23. The zero-order valence-corrected chi connectivity index (χ0v) is 18.6. The molecule has 0 aliphatic rings. The van der Waals surface area contributed by atoms with Crippen molar-refractivity contribution in [2.45, 2.75) is 13.8 Å². The second-order valence-electron chi connectivity index (χ2n) is 8.95. The highest BCUT2D eigenvalue weighted by Gasteiger charge is 2.18. The molecule has 0 saturated carbocycles. The lowest BCUT2D eigenvalue weighted by Crippen LogP contribution is -1.93. The van der Waals surface area contributed by atoms with Gasteiger partial charge >= 0.3 is 0 Å². The summed E-state index contributed by atoms with van der Waals surface area (Å²) < 4.78 is 2.33. The van der Waals surface area contributed by atoms with Crippen LogP contribution in [0, 0.1) is 13.8 Å². The van der Waals surface area contributed by atoms with E-state index in [1.807, 2.05) is 0 Å². The van der Waals surface area contributed by atoms with Gasteiger partial charge in [-0.1, -0.05) is 91.0 Å². The third-order valence-corrected chi connectivity index (χ3v) is 7.03. The van der Waals surface area contributed by atoms with Gasteiger partial charge in [0.1, 0.15) is 5.65 Å². The summed E-state index contributed by atoms with van der Waals surface area (Å²) in [6.07, 6.45) is 2.24. The molecule has 2 heteroatoms. The minimum absolute atomic E-state index is 1.01. The third kappa shape index (κ3) is 2.46. The Kier molecular flexibility index (Phi) is 3.72. The summed E-state index contributed by atoms with van der Waals surface area (Å²) in [5.41, 5.74) is 6.99. The number of aryl methyl sites for hydroxylation is 2. The van der Waals surface area contributed by atoms with Gasteiger partial charge in [-0.05, 0) is 46.5 Å². The van der Waals surface area contributed by atoms with Crippen molar-refractivity contribution in [3.63, 3.8) is 0 Å². The van der Waals surface area contributed by atoms with E-state index in [0.717, 1.165) is 11.3 Å². The van der Waals surface area contributed by atoms with E-state index in [1.54, 1.807) is 0 Å². The van der Waals surface area contributed by atoms with E-state index >= 15 is 0 Å². The lowest BCUT2D eigenvalue weighted by Gasteiger charge is -2.14. The average molecular weight is 423 g/mol. The lowest BCUT2D eigenvalue weighted by atomic mass is 9.94. The molecule has 0 saturated heterocycles. The van der Waals surface area contributed by atoms with Crippen molar-refractivity contribution in [2.75, 3.05) is 0 Å². The summed E-state index contributed by atoms with van der Waals surface area (Å²) >= 11 is 0. The quantitative estimate of drug-likeness (QED) is 0.244. The molecule has 0 aliphatic carbocycles. The van der Waals surface area contributed by atoms with Crippen molar-refractivity contribution in [3.8, 4) is 11.3 Å². The zero-order chi connectivity index (χ0) is 22.1. The highest BCUT2D eigenvalue weighted by atomic mass is 15.0. The monoisotopic (exact) mass is 422 g/mol. The van der Waals surface area contributed by atoms with Crippen LogP contribution in [-0.2, 0) is 0 Å². The van der Waals surface area contributed by atoms with Crippen molar-refractivity contribution in [1.29, 1.82) is 0 Å². The number of fused-ring (bicyclic) bond motifs is 11. The Morgan fingerprint density at radius 3 is 1.73 bits per heavy atom. The normalized spacial score (nSPS) is 11.9. The summed E-state index contributed by atoms with van der Waals surface area (Å²) in [5, 5.41) is 8.83. The number of aromatic nitrogens is 2. The van der Waals surface area contributed by atoms with E-state index in [-0.39, 0.29) is 0 Å². The summed E-state index contributed by atoms with van der Waals surface area (Å²) in [4.78, 5) is 5.23. The maximum Gasteiger partial charge on any atom is 0.145 e. The zero-order valence-electron chi connectivity index (χ0n) is 18.6. The summed E-state index contributed by atoms with van der Waals surface area (Å²) in [6, 6.07) is 32.7. The molecule has 0 N–H and O–H groups in total. The van der Waals surface area contributed by atoms with E-state index in [4.69, 9.17) is 4.98 Å². The predicted molar refractivity (Wildman–Crippen MR) is 140 cm³/mol. The number of benzene rings is 5. The Bertz CT molecular complexity index is 1860. The van der Waals surface area contributed by atoms with Gasteiger partial charge in [-0.2, -0.15) is 0 Å². The molecule has 7 rings (SSSR count). The van der Waals surface area contributed by atoms with Crippen LogP contribution in [0.15, 0.2) is 97.2 Å². The van der Waals surface area contributed by atoms with Gasteiger partial charge in [0.05, 0.1) is 11.2 Å². The van der Waals surface area contributed by atoms with Crippen LogP contribution in [0.25, 0.3) is 60.1 Å². The molecule has 5 aromatic carbocycles. The molecular weight excluding hydrogens is 400 g/mol. The number of hydrogen-bond donors (Lipinski definition) is 0. The highest BCUT2D eigenvalue weighted by Crippen LogP contribution is 2.41. The summed E-state index contributed by atoms with van der Waals surface area (Å²) in [7, 11) is 0. The first-order valence-electron chi connectivity index (χ1n) is 11.4. The molecule has 0 fully saturated rings. The van der Waals surface area contributed by atoms with Crippen molar-refractivity contribution in [1.82, 2.24) is 9.38 Å². The maximum absolute atomic E-state index is 5.23. The van der Waals surface area contributed by atoms with Gasteiger partial charge in [0.15, 0.2) is 0 Å². The van der Waals surface area contributed by atoms with Crippen molar-refractivity contribution in [2.24, 2.45) is 0 Å². The van der Waals surface area contributed by atoms with Gasteiger partial charge in [-0.3, -0.25) is 4.40 Å². The molecule has 0 unspecified atom stereocenters. The van der Waals surface area contributed by atoms with Crippen LogP contribution in [0.2, 0.25) is 0 Å². The van der Waals surface area contributed by atoms with Gasteiger partial charge in [0.2, 0.25) is 0 Å². The van der Waals surface area contributed by atoms with Gasteiger partial charge in [-0.25, -0.2) is 4.98 Å². The number of imidazole rings is 1. The van der Waals surface area contributed by atoms with Crippen LogP contribution in [0.3, 0.4) is 0 Å². The molecule has 156 valence electrons. The summed E-state index contributed by atoms with van der Waals surface area (Å²) in [6.45, 7) is 4.34. The molecule has 0 radical (unpaired) electrons. The molecule has 2 nitrogen and oxygen atoms in total. The Morgan fingerprint density at radius 1 is 0.545 bits per heavy atom. The van der Waals surface area contributed by atoms with Crippen molar-refractivity contribution in [3.05, 3.63) is 108 Å². The molecule has 7 aromatic rings. The number of pyridine rings is 1. The topological polar surface area (TPSA) is 17.3 Å². The molecule has 0 bridgehead atoms. The maximum atomic E-state index is 5.23. The van der Waals surface area contributed by atoms with Gasteiger partial charge < -0.3 is 0 Å². The van der Waals surface area contributed by atoms with Crippen LogP contribution in [0.5, 0.6) is 0 Å². The molecular formula is C31H22N2. The van der Waals surface area contributed by atoms with Gasteiger partial charge in [-0.15, -0.1) is 0 Å². The van der Waals surface area contributed by atoms with Gasteiger partial charge in [0, 0.05) is 27.9 Å². The van der Waals surface area contributed by atoms with Crippen LogP contribution >= 0.6 is 0 Å². The van der Waals surface area contributed by atoms with Gasteiger partial charge in [0.25, 0.3) is 0 Å². The molecule has 0 amide bonds. The number of rotatable bonds is 1. The van der Waals surface area contributed by atoms with E-state index in [9.17, 15) is 0 Å². The lowest BCUT2D eigenvalue weighted by molar-refractivity contribution is 1.28. The second-order valence-corrected chi connectivity index (χ2v) is 8.95. The third-order valence-electron chi connectivity index (χ3n) is 7.03. The molecule has 2 heterocycles. The Morgan fingerprint density at radius 2 is 1.06 bits per heavy atom. The molecule has 2 aromatic heterocycles. The van der Waals surface area contributed by atoms with Crippen molar-refractivity contribution < 1.29 is 0 Å².